The minimum absolute atomic E-state index is 0.320. The van der Waals surface area contributed by atoms with Crippen molar-refractivity contribution in [1.29, 1.82) is 0 Å². The first-order valence-electron chi connectivity index (χ1n) is 6.45. The van der Waals surface area contributed by atoms with Crippen LogP contribution in [0, 0.1) is 0 Å². The van der Waals surface area contributed by atoms with Crippen molar-refractivity contribution in [3.63, 3.8) is 0 Å². The molecular formula is C14H23N3O2. The molecule has 1 aromatic rings. The van der Waals surface area contributed by atoms with Gasteiger partial charge in [0.25, 0.3) is 0 Å². The molecule has 106 valence electrons. The Morgan fingerprint density at radius 1 is 1.47 bits per heavy atom. The molecule has 19 heavy (non-hydrogen) atoms. The number of pyridine rings is 1. The fraction of sp³-hybridized carbons (Fsp3) is 0.571. The van der Waals surface area contributed by atoms with E-state index in [1.165, 1.54) is 7.11 Å². The third-order valence-electron chi connectivity index (χ3n) is 2.96. The smallest absolute Gasteiger partial charge is 0.338 e. The van der Waals surface area contributed by atoms with Crippen molar-refractivity contribution in [2.45, 2.75) is 19.9 Å². The summed E-state index contributed by atoms with van der Waals surface area (Å²) in [6, 6.07) is 3.77. The van der Waals surface area contributed by atoms with E-state index in [1.807, 2.05) is 14.1 Å². The summed E-state index contributed by atoms with van der Waals surface area (Å²) in [6.45, 7) is 6.00. The zero-order valence-electron chi connectivity index (χ0n) is 12.4. The molecule has 0 fully saturated rings. The zero-order chi connectivity index (χ0) is 14.4. The van der Waals surface area contributed by atoms with Crippen LogP contribution in [0.1, 0.15) is 24.2 Å². The van der Waals surface area contributed by atoms with Gasteiger partial charge < -0.3 is 14.5 Å². The number of likely N-dealkylation sites (N-methyl/N-ethyl adjacent to an activating group) is 2. The molecule has 0 saturated carbocycles. The van der Waals surface area contributed by atoms with E-state index in [1.54, 1.807) is 18.3 Å². The number of hydrogen-bond donors (Lipinski definition) is 0. The normalized spacial score (nSPS) is 12.3. The van der Waals surface area contributed by atoms with Gasteiger partial charge in [-0.25, -0.2) is 9.78 Å². The van der Waals surface area contributed by atoms with Crippen LogP contribution in [-0.4, -0.2) is 56.2 Å². The molecule has 0 aliphatic carbocycles. The lowest BCUT2D eigenvalue weighted by Crippen LogP contribution is -2.40. The van der Waals surface area contributed by atoms with E-state index in [-0.39, 0.29) is 5.97 Å². The van der Waals surface area contributed by atoms with E-state index in [0.29, 0.717) is 11.6 Å². The summed E-state index contributed by atoms with van der Waals surface area (Å²) in [7, 11) is 5.47. The number of rotatable bonds is 6. The molecule has 1 heterocycles. The monoisotopic (exact) mass is 265 g/mol. The summed E-state index contributed by atoms with van der Waals surface area (Å²) in [6.07, 6.45) is 1.65. The van der Waals surface area contributed by atoms with Crippen LogP contribution in [0.15, 0.2) is 18.3 Å². The van der Waals surface area contributed by atoms with Gasteiger partial charge in [-0.05, 0) is 40.1 Å². The van der Waals surface area contributed by atoms with Crippen LogP contribution < -0.4 is 4.90 Å². The number of hydrogen-bond acceptors (Lipinski definition) is 5. The van der Waals surface area contributed by atoms with Gasteiger partial charge >= 0.3 is 5.97 Å². The van der Waals surface area contributed by atoms with Crippen LogP contribution >= 0.6 is 0 Å². The van der Waals surface area contributed by atoms with Crippen molar-refractivity contribution >= 4 is 11.8 Å². The molecular weight excluding hydrogens is 242 g/mol. The fourth-order valence-corrected chi connectivity index (χ4v) is 2.15. The topological polar surface area (TPSA) is 45.7 Å². The molecule has 5 heteroatoms. The Labute approximate surface area is 115 Å². The molecule has 5 nitrogen and oxygen atoms in total. The van der Waals surface area contributed by atoms with Gasteiger partial charge in [0.1, 0.15) is 5.82 Å². The predicted octanol–water partition coefficient (Wildman–Crippen LogP) is 1.64. The average Bonchev–Trinajstić information content (AvgIpc) is 2.38. The van der Waals surface area contributed by atoms with Crippen LogP contribution in [0.5, 0.6) is 0 Å². The summed E-state index contributed by atoms with van der Waals surface area (Å²) in [5.41, 5.74) is 0.531. The first-order chi connectivity index (χ1) is 8.99. The first kappa shape index (κ1) is 15.4. The second-order valence-electron chi connectivity index (χ2n) is 4.79. The second-order valence-corrected chi connectivity index (χ2v) is 4.79. The number of methoxy groups -OCH3 is 1. The second kappa shape index (κ2) is 7.09. The molecule has 0 aliphatic heterocycles. The first-order valence-corrected chi connectivity index (χ1v) is 6.45. The van der Waals surface area contributed by atoms with Crippen LogP contribution in [0.4, 0.5) is 5.82 Å². The maximum atomic E-state index is 11.5. The van der Waals surface area contributed by atoms with E-state index in [9.17, 15) is 4.79 Å². The van der Waals surface area contributed by atoms with E-state index >= 15 is 0 Å². The van der Waals surface area contributed by atoms with Crippen molar-refractivity contribution in [3.05, 3.63) is 23.9 Å². The quantitative estimate of drug-likeness (QED) is 0.732. The Kier molecular flexibility index (Phi) is 5.76. The Morgan fingerprint density at radius 3 is 2.68 bits per heavy atom. The zero-order valence-corrected chi connectivity index (χ0v) is 12.4. The molecule has 1 rings (SSSR count). The lowest BCUT2D eigenvalue weighted by molar-refractivity contribution is 0.0600. The van der Waals surface area contributed by atoms with Gasteiger partial charge in [-0.2, -0.15) is 0 Å². The van der Waals surface area contributed by atoms with Gasteiger partial charge in [-0.3, -0.25) is 0 Å². The van der Waals surface area contributed by atoms with E-state index in [4.69, 9.17) is 4.74 Å². The van der Waals surface area contributed by atoms with Crippen molar-refractivity contribution in [1.82, 2.24) is 9.88 Å². The average molecular weight is 265 g/mol. The Bertz CT molecular complexity index is 421. The predicted molar refractivity (Wildman–Crippen MR) is 76.6 cm³/mol. The Morgan fingerprint density at radius 2 is 2.16 bits per heavy atom. The van der Waals surface area contributed by atoms with Crippen LogP contribution in [0.2, 0.25) is 0 Å². The van der Waals surface area contributed by atoms with E-state index < -0.39 is 0 Å². The number of ether oxygens (including phenoxy) is 1. The highest BCUT2D eigenvalue weighted by molar-refractivity contribution is 5.90. The van der Waals surface area contributed by atoms with Gasteiger partial charge in [-0.1, -0.05) is 0 Å². The number of nitrogens with zero attached hydrogens (tertiary/aromatic N) is 3. The Balaban J connectivity index is 2.95. The number of carbonyl (C=O) groups excluding carboxylic acids is 1. The minimum Gasteiger partial charge on any atom is -0.465 e. The number of aromatic nitrogens is 1. The fourth-order valence-electron chi connectivity index (χ4n) is 2.15. The maximum absolute atomic E-state index is 11.5. The van der Waals surface area contributed by atoms with Crippen molar-refractivity contribution in [2.75, 3.05) is 39.2 Å². The molecule has 1 unspecified atom stereocenters. The van der Waals surface area contributed by atoms with Crippen LogP contribution in [0.3, 0.4) is 0 Å². The Hall–Kier alpha value is -1.62. The lowest BCUT2D eigenvalue weighted by Gasteiger charge is -2.31. The molecule has 0 bridgehead atoms. The molecule has 1 atom stereocenters. The van der Waals surface area contributed by atoms with Crippen molar-refractivity contribution in [2.24, 2.45) is 0 Å². The largest absolute Gasteiger partial charge is 0.465 e. The maximum Gasteiger partial charge on any atom is 0.338 e. The molecule has 0 aromatic carbocycles. The van der Waals surface area contributed by atoms with Gasteiger partial charge in [0, 0.05) is 25.3 Å². The molecule has 0 radical (unpaired) electrons. The van der Waals surface area contributed by atoms with E-state index in [0.717, 1.165) is 18.9 Å². The number of esters is 1. The van der Waals surface area contributed by atoms with Crippen LogP contribution in [0.25, 0.3) is 0 Å². The summed E-state index contributed by atoms with van der Waals surface area (Å²) in [5.74, 6) is 0.472. The SMILES string of the molecule is CCN(c1cc(C(=O)OC)ccn1)C(C)CN(C)C. The number of anilines is 1. The molecule has 0 saturated heterocycles. The lowest BCUT2D eigenvalue weighted by atomic mass is 10.2. The van der Waals surface area contributed by atoms with Crippen LogP contribution in [-0.2, 0) is 4.74 Å². The molecule has 0 N–H and O–H groups in total. The standard InChI is InChI=1S/C14H23N3O2/c1-6-17(11(2)10-16(3)4)13-9-12(7-8-15-13)14(18)19-5/h7-9,11H,6,10H2,1-5H3. The molecule has 0 aliphatic rings. The summed E-state index contributed by atoms with van der Waals surface area (Å²) < 4.78 is 4.74. The highest BCUT2D eigenvalue weighted by Crippen LogP contribution is 2.16. The summed E-state index contributed by atoms with van der Waals surface area (Å²) in [5, 5.41) is 0. The van der Waals surface area contributed by atoms with Gasteiger partial charge in [-0.15, -0.1) is 0 Å². The molecule has 1 aromatic heterocycles. The highest BCUT2D eigenvalue weighted by atomic mass is 16.5. The van der Waals surface area contributed by atoms with Crippen molar-refractivity contribution < 1.29 is 9.53 Å². The molecule has 0 spiro atoms. The van der Waals surface area contributed by atoms with Gasteiger partial charge in [0.15, 0.2) is 0 Å². The van der Waals surface area contributed by atoms with Gasteiger partial charge in [0.05, 0.1) is 12.7 Å². The molecule has 0 amide bonds. The number of carbonyl (C=O) groups is 1. The van der Waals surface area contributed by atoms with Crippen molar-refractivity contribution in [3.8, 4) is 0 Å². The summed E-state index contributed by atoms with van der Waals surface area (Å²) >= 11 is 0. The third-order valence-corrected chi connectivity index (χ3v) is 2.96. The van der Waals surface area contributed by atoms with E-state index in [2.05, 4.69) is 28.6 Å². The highest BCUT2D eigenvalue weighted by Gasteiger charge is 2.16. The minimum atomic E-state index is -0.333. The third kappa shape index (κ3) is 4.21. The summed E-state index contributed by atoms with van der Waals surface area (Å²) in [4.78, 5) is 20.2. The van der Waals surface area contributed by atoms with Gasteiger partial charge in [0.2, 0.25) is 0 Å².